The van der Waals surface area contributed by atoms with Gasteiger partial charge in [-0.3, -0.25) is 4.57 Å². The van der Waals surface area contributed by atoms with Crippen molar-refractivity contribution in [1.29, 1.82) is 0 Å². The quantitative estimate of drug-likeness (QED) is 0.181. The van der Waals surface area contributed by atoms with Crippen LogP contribution in [0.1, 0.15) is 0 Å². The van der Waals surface area contributed by atoms with Crippen LogP contribution in [0.15, 0.2) is 168 Å². The molecule has 13 rings (SSSR count). The largest absolute Gasteiger partial charge is 0.455 e. The monoisotopic (exact) mass is 749 g/mol. The highest BCUT2D eigenvalue weighted by Gasteiger charge is 2.24. The molecule has 0 unspecified atom stereocenters. The van der Waals surface area contributed by atoms with Gasteiger partial charge in [-0.25, -0.2) is 9.97 Å². The molecule has 0 bridgehead atoms. The average molecular weight is 750 g/mol. The Kier molecular flexibility index (Phi) is 6.17. The third-order valence-electron chi connectivity index (χ3n) is 11.4. The van der Waals surface area contributed by atoms with Gasteiger partial charge in [-0.05, 0) is 64.4 Å². The molecule has 0 aliphatic carbocycles. The van der Waals surface area contributed by atoms with E-state index in [1.54, 1.807) is 11.3 Å². The first-order valence-corrected chi connectivity index (χ1v) is 20.4. The zero-order valence-electron chi connectivity index (χ0n) is 29.7. The number of rotatable bonds is 3. The fourth-order valence-corrected chi connectivity index (χ4v) is 11.3. The second-order valence-electron chi connectivity index (χ2n) is 14.5. The number of hydrogen-bond acceptors (Lipinski definition) is 5. The Labute approximate surface area is 327 Å². The fraction of sp³-hybridized carbons (Fsp3) is 0. The van der Waals surface area contributed by atoms with Crippen LogP contribution in [0.5, 0.6) is 0 Å². The smallest absolute Gasteiger partial charge is 0.235 e. The Morgan fingerprint density at radius 3 is 1.98 bits per heavy atom. The number of hydrogen-bond donors (Lipinski definition) is 0. The summed E-state index contributed by atoms with van der Waals surface area (Å²) in [6, 6.07) is 58.6. The number of aromatic nitrogens is 3. The van der Waals surface area contributed by atoms with E-state index in [1.807, 2.05) is 11.3 Å². The normalized spacial score (nSPS) is 12.3. The summed E-state index contributed by atoms with van der Waals surface area (Å²) in [5, 5.41) is 10.5. The van der Waals surface area contributed by atoms with Gasteiger partial charge in [0.15, 0.2) is 0 Å². The van der Waals surface area contributed by atoms with Crippen LogP contribution in [0, 0.1) is 0 Å². The standard InChI is InChI=1S/C50H27N3OS2/c1-2-12-28(13-3-1)37-27-40-44(33-16-5-4-14-30(33)37)36-24-25-39-45(48(36)54-40)34-17-6-9-19-38(34)53(39)50-51-46(49-47(52-50)35-18-8-11-21-42(35)56-49)29-22-23-32-31-15-7-10-20-41(31)55-43(32)26-29/h1-27H. The summed E-state index contributed by atoms with van der Waals surface area (Å²) in [6.07, 6.45) is 0. The van der Waals surface area contributed by atoms with Crippen molar-refractivity contribution in [3.8, 4) is 28.3 Å². The number of furan rings is 1. The van der Waals surface area contributed by atoms with Gasteiger partial charge < -0.3 is 4.42 Å². The van der Waals surface area contributed by atoms with Gasteiger partial charge in [-0.15, -0.1) is 22.7 Å². The highest BCUT2D eigenvalue weighted by Crippen LogP contribution is 2.46. The lowest BCUT2D eigenvalue weighted by molar-refractivity contribution is 0.673. The number of fused-ring (bicyclic) bond motifs is 15. The van der Waals surface area contributed by atoms with Crippen molar-refractivity contribution in [2.45, 2.75) is 0 Å². The highest BCUT2D eigenvalue weighted by molar-refractivity contribution is 7.26. The molecule has 56 heavy (non-hydrogen) atoms. The summed E-state index contributed by atoms with van der Waals surface area (Å²) < 4.78 is 14.1. The molecule has 0 saturated heterocycles. The predicted octanol–water partition coefficient (Wildman–Crippen LogP) is 14.7. The molecule has 0 saturated carbocycles. The minimum absolute atomic E-state index is 0.644. The zero-order valence-corrected chi connectivity index (χ0v) is 31.3. The van der Waals surface area contributed by atoms with Gasteiger partial charge in [-0.1, -0.05) is 121 Å². The van der Waals surface area contributed by atoms with E-state index in [2.05, 4.69) is 168 Å². The molecule has 5 aromatic heterocycles. The third kappa shape index (κ3) is 4.17. The molecule has 8 aromatic carbocycles. The first-order valence-electron chi connectivity index (χ1n) is 18.7. The van der Waals surface area contributed by atoms with E-state index in [9.17, 15) is 0 Å². The minimum Gasteiger partial charge on any atom is -0.455 e. The number of para-hydroxylation sites is 1. The van der Waals surface area contributed by atoms with Crippen molar-refractivity contribution in [3.63, 3.8) is 0 Å². The van der Waals surface area contributed by atoms with E-state index in [4.69, 9.17) is 14.4 Å². The summed E-state index contributed by atoms with van der Waals surface area (Å²) >= 11 is 3.60. The van der Waals surface area contributed by atoms with Crippen LogP contribution in [0.25, 0.3) is 123 Å². The van der Waals surface area contributed by atoms with Gasteiger partial charge in [0.1, 0.15) is 11.2 Å². The predicted molar refractivity (Wildman–Crippen MR) is 238 cm³/mol. The number of benzene rings is 8. The molecule has 4 nitrogen and oxygen atoms in total. The molecule has 0 spiro atoms. The minimum atomic E-state index is 0.644. The Morgan fingerprint density at radius 1 is 0.446 bits per heavy atom. The van der Waals surface area contributed by atoms with Gasteiger partial charge >= 0.3 is 0 Å². The van der Waals surface area contributed by atoms with Crippen LogP contribution in [0.4, 0.5) is 0 Å². The Morgan fingerprint density at radius 2 is 1.12 bits per heavy atom. The van der Waals surface area contributed by atoms with Gasteiger partial charge in [0.25, 0.3) is 0 Å². The summed E-state index contributed by atoms with van der Waals surface area (Å²) in [5.41, 5.74) is 9.14. The van der Waals surface area contributed by atoms with Crippen LogP contribution in [-0.2, 0) is 0 Å². The van der Waals surface area contributed by atoms with E-state index in [0.29, 0.717) is 5.95 Å². The van der Waals surface area contributed by atoms with Crippen LogP contribution < -0.4 is 0 Å². The maximum Gasteiger partial charge on any atom is 0.235 e. The van der Waals surface area contributed by atoms with E-state index in [-0.39, 0.29) is 0 Å². The highest BCUT2D eigenvalue weighted by atomic mass is 32.1. The molecule has 0 radical (unpaired) electrons. The first-order chi connectivity index (χ1) is 27.8. The van der Waals surface area contributed by atoms with Crippen molar-refractivity contribution >= 4 is 118 Å². The zero-order chi connectivity index (χ0) is 36.5. The Bertz CT molecular complexity index is 3770. The van der Waals surface area contributed by atoms with Crippen LogP contribution in [-0.4, -0.2) is 14.5 Å². The van der Waals surface area contributed by atoms with Crippen molar-refractivity contribution in [2.75, 3.05) is 0 Å². The summed E-state index contributed by atoms with van der Waals surface area (Å²) in [5.74, 6) is 0.644. The van der Waals surface area contributed by atoms with Gasteiger partial charge in [-0.2, -0.15) is 0 Å². The Hall–Kier alpha value is -6.86. The maximum atomic E-state index is 7.02. The molecule has 260 valence electrons. The average Bonchev–Trinajstić information content (AvgIpc) is 4.02. The van der Waals surface area contributed by atoms with Crippen molar-refractivity contribution < 1.29 is 4.42 Å². The van der Waals surface area contributed by atoms with Crippen LogP contribution >= 0.6 is 22.7 Å². The SMILES string of the molecule is c1ccc(-c2cc3oc4c(ccc5c4c4ccccc4n5-c4nc(-c5ccc6c(c5)sc5ccccc56)c5sc6ccccc6c5n4)c3c3ccccc23)cc1. The van der Waals surface area contributed by atoms with Crippen LogP contribution in [0.2, 0.25) is 0 Å². The molecule has 0 fully saturated rings. The van der Waals surface area contributed by atoms with Crippen molar-refractivity contribution in [1.82, 2.24) is 14.5 Å². The lowest BCUT2D eigenvalue weighted by Gasteiger charge is -2.10. The summed E-state index contributed by atoms with van der Waals surface area (Å²) in [7, 11) is 0. The van der Waals surface area contributed by atoms with Gasteiger partial charge in [0.05, 0.1) is 32.3 Å². The van der Waals surface area contributed by atoms with E-state index in [0.717, 1.165) is 76.2 Å². The first kappa shape index (κ1) is 30.5. The lowest BCUT2D eigenvalue weighted by atomic mass is 9.95. The van der Waals surface area contributed by atoms with E-state index >= 15 is 0 Å². The topological polar surface area (TPSA) is 43.9 Å². The fourth-order valence-electron chi connectivity index (χ4n) is 8.97. The molecule has 0 amide bonds. The molecule has 0 aliphatic rings. The molecule has 6 heteroatoms. The molecule has 0 aliphatic heterocycles. The summed E-state index contributed by atoms with van der Waals surface area (Å²) in [4.78, 5) is 10.9. The molecular formula is C50H27N3OS2. The lowest BCUT2D eigenvalue weighted by Crippen LogP contribution is -2.02. The molecule has 13 aromatic rings. The number of nitrogens with zero attached hydrogens (tertiary/aromatic N) is 3. The molecule has 5 heterocycles. The van der Waals surface area contributed by atoms with E-state index < -0.39 is 0 Å². The van der Waals surface area contributed by atoms with Gasteiger partial charge in [0.2, 0.25) is 5.95 Å². The van der Waals surface area contributed by atoms with Gasteiger partial charge in [0, 0.05) is 52.0 Å². The molecule has 0 N–H and O–H groups in total. The Balaban J connectivity index is 1.12. The second kappa shape index (κ2) is 11.3. The van der Waals surface area contributed by atoms with Crippen molar-refractivity contribution in [2.24, 2.45) is 0 Å². The number of thiophene rings is 2. The maximum absolute atomic E-state index is 7.02. The second-order valence-corrected chi connectivity index (χ2v) is 16.6. The third-order valence-corrected chi connectivity index (χ3v) is 13.7. The van der Waals surface area contributed by atoms with Crippen molar-refractivity contribution in [3.05, 3.63) is 164 Å². The van der Waals surface area contributed by atoms with E-state index in [1.165, 1.54) is 41.2 Å². The van der Waals surface area contributed by atoms with Crippen LogP contribution in [0.3, 0.4) is 0 Å². The summed E-state index contributed by atoms with van der Waals surface area (Å²) in [6.45, 7) is 0. The molecule has 0 atom stereocenters. The molecular weight excluding hydrogens is 723 g/mol.